The Kier molecular flexibility index (Phi) is 2.65. The maximum absolute atomic E-state index is 9.03. The average molecular weight is 213 g/mol. The molecule has 1 saturated heterocycles. The van der Waals surface area contributed by atoms with Crippen LogP contribution in [0.5, 0.6) is 0 Å². The van der Waals surface area contributed by atoms with Crippen molar-refractivity contribution in [3.8, 4) is 0 Å². The van der Waals surface area contributed by atoms with E-state index >= 15 is 0 Å². The van der Waals surface area contributed by atoms with E-state index in [9.17, 15) is 0 Å². The number of rotatable bonds is 0. The van der Waals surface area contributed by atoms with Crippen molar-refractivity contribution in [2.75, 3.05) is 6.61 Å². The van der Waals surface area contributed by atoms with Crippen molar-refractivity contribution < 1.29 is 20.1 Å². The molecule has 1 aliphatic rings. The van der Waals surface area contributed by atoms with Crippen LogP contribution in [0.15, 0.2) is 0 Å². The minimum atomic E-state index is -1.11. The fourth-order valence-corrected chi connectivity index (χ4v) is 1.24. The van der Waals surface area contributed by atoms with Gasteiger partial charge in [-0.3, -0.25) is 0 Å². The number of halogens is 1. The molecule has 0 saturated carbocycles. The van der Waals surface area contributed by atoms with Gasteiger partial charge in [-0.2, -0.15) is 0 Å². The summed E-state index contributed by atoms with van der Waals surface area (Å²) < 4.78 is 4.83. The summed E-state index contributed by atoms with van der Waals surface area (Å²) in [6.45, 7) is 0.0497. The maximum Gasteiger partial charge on any atom is 0.141 e. The Morgan fingerprint density at radius 1 is 1.20 bits per heavy atom. The third-order valence-corrected chi connectivity index (χ3v) is 2.24. The van der Waals surface area contributed by atoms with Gasteiger partial charge in [0.2, 0.25) is 0 Å². The molecule has 4 atom stereocenters. The van der Waals surface area contributed by atoms with E-state index in [0.29, 0.717) is 0 Å². The molecule has 1 aliphatic heterocycles. The van der Waals surface area contributed by atoms with Gasteiger partial charge in [-0.1, -0.05) is 15.9 Å². The highest BCUT2D eigenvalue weighted by molar-refractivity contribution is 9.09. The molecular formula is C5H9BrO4. The quantitative estimate of drug-likeness (QED) is 0.443. The van der Waals surface area contributed by atoms with Crippen molar-refractivity contribution in [1.29, 1.82) is 0 Å². The highest BCUT2D eigenvalue weighted by Crippen LogP contribution is 2.19. The molecule has 0 radical (unpaired) electrons. The van der Waals surface area contributed by atoms with E-state index in [4.69, 9.17) is 20.1 Å². The lowest BCUT2D eigenvalue weighted by Gasteiger charge is -2.31. The van der Waals surface area contributed by atoms with Gasteiger partial charge >= 0.3 is 0 Å². The highest BCUT2D eigenvalue weighted by atomic mass is 79.9. The summed E-state index contributed by atoms with van der Waals surface area (Å²) in [6, 6.07) is 0. The summed E-state index contributed by atoms with van der Waals surface area (Å²) in [7, 11) is 0. The van der Waals surface area contributed by atoms with Gasteiger partial charge in [0, 0.05) is 0 Å². The normalized spacial score (nSPS) is 49.2. The minimum absolute atomic E-state index is 0.0497. The summed E-state index contributed by atoms with van der Waals surface area (Å²) in [6.07, 6.45) is -3.15. The van der Waals surface area contributed by atoms with Gasteiger partial charge in [-0.25, -0.2) is 0 Å². The van der Waals surface area contributed by atoms with E-state index in [2.05, 4.69) is 15.9 Å². The molecule has 0 aromatic carbocycles. The molecule has 0 aliphatic carbocycles. The molecule has 5 heteroatoms. The van der Waals surface area contributed by atoms with Crippen molar-refractivity contribution in [3.63, 3.8) is 0 Å². The predicted molar refractivity (Wildman–Crippen MR) is 36.7 cm³/mol. The van der Waals surface area contributed by atoms with Crippen LogP contribution in [0, 0.1) is 0 Å². The van der Waals surface area contributed by atoms with Gasteiger partial charge < -0.3 is 20.1 Å². The number of ether oxygens (including phenoxy) is 1. The molecule has 1 unspecified atom stereocenters. The highest BCUT2D eigenvalue weighted by Gasteiger charge is 2.35. The first-order valence-corrected chi connectivity index (χ1v) is 3.84. The van der Waals surface area contributed by atoms with Crippen LogP contribution in [0.3, 0.4) is 0 Å². The summed E-state index contributed by atoms with van der Waals surface area (Å²) in [4.78, 5) is 0. The first-order chi connectivity index (χ1) is 4.63. The van der Waals surface area contributed by atoms with Crippen molar-refractivity contribution in [2.45, 2.75) is 23.3 Å². The third-order valence-electron chi connectivity index (χ3n) is 1.44. The lowest BCUT2D eigenvalue weighted by molar-refractivity contribution is -0.159. The first kappa shape index (κ1) is 8.42. The number of hydrogen-bond acceptors (Lipinski definition) is 4. The van der Waals surface area contributed by atoms with Crippen LogP contribution in [-0.2, 0) is 4.74 Å². The molecule has 1 rings (SSSR count). The smallest absolute Gasteiger partial charge is 0.141 e. The van der Waals surface area contributed by atoms with Crippen LogP contribution in [0.4, 0.5) is 0 Å². The minimum Gasteiger partial charge on any atom is -0.388 e. The molecular weight excluding hydrogens is 204 g/mol. The lowest BCUT2D eigenvalue weighted by atomic mass is 10.1. The largest absolute Gasteiger partial charge is 0.388 e. The fourth-order valence-electron chi connectivity index (χ4n) is 0.770. The lowest BCUT2D eigenvalue weighted by Crippen LogP contribution is -2.50. The van der Waals surface area contributed by atoms with E-state index in [1.54, 1.807) is 0 Å². The van der Waals surface area contributed by atoms with Crippen molar-refractivity contribution >= 4 is 15.9 Å². The van der Waals surface area contributed by atoms with E-state index in [1.165, 1.54) is 0 Å². The van der Waals surface area contributed by atoms with Gasteiger partial charge in [-0.05, 0) is 0 Å². The van der Waals surface area contributed by atoms with E-state index in [1.807, 2.05) is 0 Å². The Balaban J connectivity index is 2.52. The summed E-state index contributed by atoms with van der Waals surface area (Å²) in [5, 5.41) is 26.4. The van der Waals surface area contributed by atoms with Gasteiger partial charge in [0.25, 0.3) is 0 Å². The average Bonchev–Trinajstić information content (AvgIpc) is 1.93. The van der Waals surface area contributed by atoms with E-state index < -0.39 is 23.3 Å². The third kappa shape index (κ3) is 1.49. The Morgan fingerprint density at radius 2 is 1.80 bits per heavy atom. The molecule has 10 heavy (non-hydrogen) atoms. The van der Waals surface area contributed by atoms with Crippen LogP contribution < -0.4 is 0 Å². The predicted octanol–water partition coefficient (Wildman–Crippen LogP) is -1.18. The Morgan fingerprint density at radius 3 is 2.30 bits per heavy atom. The van der Waals surface area contributed by atoms with Gasteiger partial charge in [0.15, 0.2) is 0 Å². The van der Waals surface area contributed by atoms with Gasteiger partial charge in [-0.15, -0.1) is 0 Å². The topological polar surface area (TPSA) is 69.9 Å². The molecule has 0 spiro atoms. The van der Waals surface area contributed by atoms with Crippen molar-refractivity contribution in [1.82, 2.24) is 0 Å². The molecule has 0 aromatic heterocycles. The van der Waals surface area contributed by atoms with Gasteiger partial charge in [0.1, 0.15) is 23.3 Å². The molecule has 0 bridgehead atoms. The monoisotopic (exact) mass is 212 g/mol. The zero-order valence-corrected chi connectivity index (χ0v) is 6.73. The van der Waals surface area contributed by atoms with E-state index in [0.717, 1.165) is 0 Å². The zero-order chi connectivity index (χ0) is 7.72. The van der Waals surface area contributed by atoms with Crippen LogP contribution in [-0.4, -0.2) is 45.3 Å². The Labute approximate surface area is 66.6 Å². The number of aliphatic hydroxyl groups excluding tert-OH is 3. The molecule has 0 aromatic rings. The molecule has 60 valence electrons. The van der Waals surface area contributed by atoms with Crippen LogP contribution in [0.25, 0.3) is 0 Å². The standard InChI is InChI=1S/C5H9BrO4/c6-5-4(9)3(8)2(7)1-10-5/h2-5,7-9H,1H2/t2-,3-,4+,5?/m0/s1. The van der Waals surface area contributed by atoms with Crippen molar-refractivity contribution in [3.05, 3.63) is 0 Å². The second-order valence-electron chi connectivity index (χ2n) is 2.23. The summed E-state index contributed by atoms with van der Waals surface area (Å²) >= 11 is 2.98. The second-order valence-corrected chi connectivity index (χ2v) is 3.14. The maximum atomic E-state index is 9.03. The summed E-state index contributed by atoms with van der Waals surface area (Å²) in [5.41, 5.74) is 0. The van der Waals surface area contributed by atoms with Crippen LogP contribution in [0.2, 0.25) is 0 Å². The van der Waals surface area contributed by atoms with Crippen molar-refractivity contribution in [2.24, 2.45) is 0 Å². The molecule has 1 heterocycles. The Bertz CT molecular complexity index is 106. The molecule has 0 amide bonds. The number of aliphatic hydroxyl groups is 3. The van der Waals surface area contributed by atoms with Gasteiger partial charge in [0.05, 0.1) is 6.61 Å². The molecule has 3 N–H and O–H groups in total. The SMILES string of the molecule is O[C@H]1[C@@H](O)COC(Br)[C@@H]1O. The molecule has 1 fully saturated rings. The Hall–Kier alpha value is 0.320. The van der Waals surface area contributed by atoms with Crippen LogP contribution in [0.1, 0.15) is 0 Å². The second kappa shape index (κ2) is 3.15. The number of hydrogen-bond donors (Lipinski definition) is 3. The summed E-state index contributed by atoms with van der Waals surface area (Å²) in [5.74, 6) is 0. The zero-order valence-electron chi connectivity index (χ0n) is 5.14. The molecule has 4 nitrogen and oxygen atoms in total. The van der Waals surface area contributed by atoms with E-state index in [-0.39, 0.29) is 6.61 Å². The fraction of sp³-hybridized carbons (Fsp3) is 1.00. The number of alkyl halides is 1. The van der Waals surface area contributed by atoms with Crippen LogP contribution >= 0.6 is 15.9 Å². The first-order valence-electron chi connectivity index (χ1n) is 2.93.